The monoisotopic (exact) mass is 270 g/mol. The van der Waals surface area contributed by atoms with Crippen LogP contribution in [0.5, 0.6) is 0 Å². The molecule has 2 unspecified atom stereocenters. The third-order valence-electron chi connectivity index (χ3n) is 3.67. The number of rotatable bonds is 3. The van der Waals surface area contributed by atoms with Gasteiger partial charge in [0.05, 0.1) is 6.42 Å². The number of carboxylic acids is 1. The van der Waals surface area contributed by atoms with Gasteiger partial charge in [-0.05, 0) is 24.2 Å². The smallest absolute Gasteiger partial charge is 0.317 e. The van der Waals surface area contributed by atoms with E-state index >= 15 is 0 Å². The van der Waals surface area contributed by atoms with Crippen LogP contribution in [-0.2, 0) is 4.79 Å². The van der Waals surface area contributed by atoms with Crippen LogP contribution in [0.1, 0.15) is 47.0 Å². The Morgan fingerprint density at radius 2 is 2.05 bits per heavy atom. The molecule has 110 valence electrons. The number of carbonyl (C=O) groups excluding carboxylic acids is 1. The average Bonchev–Trinajstić information content (AvgIpc) is 2.26. The highest BCUT2D eigenvalue weighted by Gasteiger charge is 2.30. The van der Waals surface area contributed by atoms with Crippen LogP contribution in [0.4, 0.5) is 4.79 Å². The molecule has 19 heavy (non-hydrogen) atoms. The number of nitrogens with one attached hydrogen (secondary N) is 1. The third-order valence-corrected chi connectivity index (χ3v) is 3.67. The van der Waals surface area contributed by atoms with Crippen LogP contribution in [0, 0.1) is 11.3 Å². The maximum absolute atomic E-state index is 12.2. The quantitative estimate of drug-likeness (QED) is 0.827. The van der Waals surface area contributed by atoms with Crippen LogP contribution in [0.15, 0.2) is 0 Å². The van der Waals surface area contributed by atoms with E-state index in [9.17, 15) is 9.59 Å². The van der Waals surface area contributed by atoms with E-state index in [0.717, 1.165) is 25.9 Å². The molecule has 0 aliphatic carbocycles. The van der Waals surface area contributed by atoms with Crippen LogP contribution in [0.25, 0.3) is 0 Å². The van der Waals surface area contributed by atoms with Gasteiger partial charge in [-0.2, -0.15) is 0 Å². The van der Waals surface area contributed by atoms with Crippen molar-refractivity contribution in [2.75, 3.05) is 13.1 Å². The van der Waals surface area contributed by atoms with Crippen molar-refractivity contribution in [2.45, 2.75) is 53.0 Å². The van der Waals surface area contributed by atoms with E-state index in [1.165, 1.54) is 0 Å². The molecule has 1 fully saturated rings. The third kappa shape index (κ3) is 5.09. The molecule has 1 aliphatic heterocycles. The molecule has 0 spiro atoms. The standard InChI is InChI=1S/C14H26N2O3/c1-10-6-5-7-16(9-10)13(19)15-11(8-12(17)18)14(2,3)4/h10-11H,5-9H2,1-4H3,(H,15,19)(H,17,18). The minimum atomic E-state index is -0.882. The SMILES string of the molecule is CC1CCCN(C(=O)NC(CC(=O)O)C(C)(C)C)C1. The first-order valence-electron chi connectivity index (χ1n) is 6.97. The minimum Gasteiger partial charge on any atom is -0.481 e. The molecule has 0 radical (unpaired) electrons. The van der Waals surface area contributed by atoms with E-state index in [-0.39, 0.29) is 23.9 Å². The summed E-state index contributed by atoms with van der Waals surface area (Å²) in [5.41, 5.74) is -0.268. The lowest BCUT2D eigenvalue weighted by Gasteiger charge is -2.35. The van der Waals surface area contributed by atoms with E-state index < -0.39 is 5.97 Å². The van der Waals surface area contributed by atoms with E-state index in [1.54, 1.807) is 4.90 Å². The van der Waals surface area contributed by atoms with Gasteiger partial charge < -0.3 is 15.3 Å². The zero-order valence-corrected chi connectivity index (χ0v) is 12.4. The largest absolute Gasteiger partial charge is 0.481 e. The van der Waals surface area contributed by atoms with Crippen LogP contribution >= 0.6 is 0 Å². The second kappa shape index (κ2) is 6.26. The Labute approximate surface area is 115 Å². The summed E-state index contributed by atoms with van der Waals surface area (Å²) in [5.74, 6) is -0.362. The Kier molecular flexibility index (Phi) is 5.20. The number of amides is 2. The van der Waals surface area contributed by atoms with Crippen molar-refractivity contribution in [2.24, 2.45) is 11.3 Å². The number of hydrogen-bond donors (Lipinski definition) is 2. The molecule has 5 heteroatoms. The van der Waals surface area contributed by atoms with E-state index in [4.69, 9.17) is 5.11 Å². The van der Waals surface area contributed by atoms with Crippen molar-refractivity contribution < 1.29 is 14.7 Å². The van der Waals surface area contributed by atoms with E-state index in [0.29, 0.717) is 5.92 Å². The fourth-order valence-corrected chi connectivity index (χ4v) is 2.36. The van der Waals surface area contributed by atoms with Gasteiger partial charge in [0.2, 0.25) is 0 Å². The Morgan fingerprint density at radius 3 is 2.53 bits per heavy atom. The molecule has 2 atom stereocenters. The van der Waals surface area contributed by atoms with Gasteiger partial charge in [0.25, 0.3) is 0 Å². The Morgan fingerprint density at radius 1 is 1.42 bits per heavy atom. The summed E-state index contributed by atoms with van der Waals surface area (Å²) in [6, 6.07) is -0.484. The highest BCUT2D eigenvalue weighted by atomic mass is 16.4. The Bertz CT molecular complexity index is 336. The van der Waals surface area contributed by atoms with E-state index in [2.05, 4.69) is 12.2 Å². The number of piperidine rings is 1. The summed E-state index contributed by atoms with van der Waals surface area (Å²) in [6.07, 6.45) is 2.13. The maximum Gasteiger partial charge on any atom is 0.317 e. The predicted molar refractivity (Wildman–Crippen MR) is 74.0 cm³/mol. The lowest BCUT2D eigenvalue weighted by Crippen LogP contribution is -2.52. The van der Waals surface area contributed by atoms with Crippen molar-refractivity contribution in [3.63, 3.8) is 0 Å². The molecule has 1 heterocycles. The predicted octanol–water partition coefficient (Wildman–Crippen LogP) is 2.32. The van der Waals surface area contributed by atoms with Gasteiger partial charge in [-0.1, -0.05) is 27.7 Å². The van der Waals surface area contributed by atoms with Gasteiger partial charge in [0.1, 0.15) is 0 Å². The number of urea groups is 1. The highest BCUT2D eigenvalue weighted by molar-refractivity contribution is 5.76. The molecule has 2 N–H and O–H groups in total. The number of carbonyl (C=O) groups is 2. The molecular formula is C14H26N2O3. The summed E-state index contributed by atoms with van der Waals surface area (Å²) in [7, 11) is 0. The van der Waals surface area contributed by atoms with Crippen LogP contribution < -0.4 is 5.32 Å². The van der Waals surface area contributed by atoms with Crippen molar-refractivity contribution in [1.29, 1.82) is 0 Å². The van der Waals surface area contributed by atoms with Crippen LogP contribution in [0.3, 0.4) is 0 Å². The zero-order chi connectivity index (χ0) is 14.6. The topological polar surface area (TPSA) is 69.6 Å². The highest BCUT2D eigenvalue weighted by Crippen LogP contribution is 2.23. The molecule has 5 nitrogen and oxygen atoms in total. The second-order valence-electron chi connectivity index (χ2n) is 6.66. The van der Waals surface area contributed by atoms with E-state index in [1.807, 2.05) is 20.8 Å². The van der Waals surface area contributed by atoms with Gasteiger partial charge in [0, 0.05) is 19.1 Å². The normalized spacial score (nSPS) is 21.9. The van der Waals surface area contributed by atoms with Gasteiger partial charge in [-0.25, -0.2) is 4.79 Å². The molecule has 1 rings (SSSR count). The number of nitrogens with zero attached hydrogens (tertiary/aromatic N) is 1. The molecule has 0 saturated carbocycles. The molecule has 0 aromatic heterocycles. The minimum absolute atomic E-state index is 0.0430. The molecular weight excluding hydrogens is 244 g/mol. The number of hydrogen-bond acceptors (Lipinski definition) is 2. The molecule has 0 aromatic rings. The Balaban J connectivity index is 2.62. The summed E-state index contributed by atoms with van der Waals surface area (Å²) in [4.78, 5) is 24.9. The first-order chi connectivity index (χ1) is 8.70. The summed E-state index contributed by atoms with van der Waals surface area (Å²) in [5, 5.41) is 11.8. The Hall–Kier alpha value is -1.26. The van der Waals surface area contributed by atoms with Crippen molar-refractivity contribution in [1.82, 2.24) is 10.2 Å². The summed E-state index contributed by atoms with van der Waals surface area (Å²) >= 11 is 0. The van der Waals surface area contributed by atoms with Crippen molar-refractivity contribution in [3.05, 3.63) is 0 Å². The number of likely N-dealkylation sites (tertiary alicyclic amines) is 1. The molecule has 0 bridgehead atoms. The second-order valence-corrected chi connectivity index (χ2v) is 6.66. The van der Waals surface area contributed by atoms with Crippen LogP contribution in [0.2, 0.25) is 0 Å². The average molecular weight is 270 g/mol. The van der Waals surface area contributed by atoms with Crippen molar-refractivity contribution in [3.8, 4) is 0 Å². The fourth-order valence-electron chi connectivity index (χ4n) is 2.36. The molecule has 1 aliphatic rings. The lowest BCUT2D eigenvalue weighted by atomic mass is 9.85. The maximum atomic E-state index is 12.2. The summed E-state index contributed by atoms with van der Waals surface area (Å²) < 4.78 is 0. The lowest BCUT2D eigenvalue weighted by molar-refractivity contribution is -0.138. The van der Waals surface area contributed by atoms with Gasteiger partial charge in [-0.15, -0.1) is 0 Å². The fraction of sp³-hybridized carbons (Fsp3) is 0.857. The number of carboxylic acid groups (broad SMARTS) is 1. The van der Waals surface area contributed by atoms with Gasteiger partial charge in [-0.3, -0.25) is 4.79 Å². The number of aliphatic carboxylic acids is 1. The molecule has 1 saturated heterocycles. The molecule has 0 aromatic carbocycles. The van der Waals surface area contributed by atoms with Crippen molar-refractivity contribution >= 4 is 12.0 Å². The summed E-state index contributed by atoms with van der Waals surface area (Å²) in [6.45, 7) is 9.49. The zero-order valence-electron chi connectivity index (χ0n) is 12.4. The van der Waals surface area contributed by atoms with Gasteiger partial charge in [0.15, 0.2) is 0 Å². The molecule has 2 amide bonds. The first kappa shape index (κ1) is 15.8. The van der Waals surface area contributed by atoms with Gasteiger partial charge >= 0.3 is 12.0 Å². The first-order valence-corrected chi connectivity index (χ1v) is 6.97. The van der Waals surface area contributed by atoms with Crippen LogP contribution in [-0.4, -0.2) is 41.1 Å².